The van der Waals surface area contributed by atoms with Crippen molar-refractivity contribution in [1.29, 1.82) is 0 Å². The first kappa shape index (κ1) is 18.8. The van der Waals surface area contributed by atoms with E-state index in [-0.39, 0.29) is 5.91 Å². The Balaban J connectivity index is 1.58. The van der Waals surface area contributed by atoms with Crippen LogP contribution in [-0.2, 0) is 17.8 Å². The number of nitrogens with zero attached hydrogens (tertiary/aromatic N) is 1. The van der Waals surface area contributed by atoms with Crippen LogP contribution in [0.5, 0.6) is 0 Å². The lowest BCUT2D eigenvalue weighted by Gasteiger charge is -2.30. The average Bonchev–Trinajstić information content (AvgIpc) is 2.71. The predicted octanol–water partition coefficient (Wildman–Crippen LogP) is 4.70. The molecule has 1 heterocycles. The number of anilines is 2. The summed E-state index contributed by atoms with van der Waals surface area (Å²) in [5.74, 6) is -2.65. The van der Waals surface area contributed by atoms with Crippen molar-refractivity contribution in [3.05, 3.63) is 95.1 Å². The van der Waals surface area contributed by atoms with Crippen LogP contribution in [0.15, 0.2) is 66.7 Å². The number of halogens is 2. The molecule has 3 aromatic rings. The molecule has 0 fully saturated rings. The largest absolute Gasteiger partial charge is 0.322 e. The number of hydrogen-bond donors (Lipinski definition) is 1. The molecule has 0 atom stereocenters. The molecule has 0 radical (unpaired) electrons. The normalized spacial score (nSPS) is 13.2. The maximum atomic E-state index is 13.8. The number of hydrogen-bond acceptors (Lipinski definition) is 2. The van der Waals surface area contributed by atoms with E-state index < -0.39 is 23.1 Å². The highest BCUT2D eigenvalue weighted by atomic mass is 19.1. The van der Waals surface area contributed by atoms with E-state index in [2.05, 4.69) is 5.32 Å². The van der Waals surface area contributed by atoms with Crippen LogP contribution in [0.2, 0.25) is 0 Å². The number of nitrogens with one attached hydrogen (secondary N) is 1. The van der Waals surface area contributed by atoms with Gasteiger partial charge in [-0.15, -0.1) is 0 Å². The number of amides is 2. The Morgan fingerprint density at radius 1 is 0.931 bits per heavy atom. The van der Waals surface area contributed by atoms with E-state index in [4.69, 9.17) is 0 Å². The van der Waals surface area contributed by atoms with E-state index in [1.54, 1.807) is 23.1 Å². The number of aryl methyl sites for hydroxylation is 1. The van der Waals surface area contributed by atoms with Gasteiger partial charge < -0.3 is 10.2 Å². The third-order valence-electron chi connectivity index (χ3n) is 4.91. The van der Waals surface area contributed by atoms with Crippen LogP contribution >= 0.6 is 0 Å². The van der Waals surface area contributed by atoms with Gasteiger partial charge in [0.15, 0.2) is 0 Å². The molecular formula is C23H18F2N2O2. The van der Waals surface area contributed by atoms with Crippen LogP contribution < -0.4 is 10.2 Å². The van der Waals surface area contributed by atoms with Gasteiger partial charge in [-0.25, -0.2) is 8.78 Å². The Labute approximate surface area is 166 Å². The lowest BCUT2D eigenvalue weighted by atomic mass is 9.99. The fraction of sp³-hybridized carbons (Fsp3) is 0.130. The van der Waals surface area contributed by atoms with Crippen molar-refractivity contribution in [2.45, 2.75) is 19.4 Å². The van der Waals surface area contributed by atoms with Gasteiger partial charge in [0.25, 0.3) is 5.91 Å². The fourth-order valence-electron chi connectivity index (χ4n) is 3.49. The first-order valence-electron chi connectivity index (χ1n) is 9.25. The molecule has 0 spiro atoms. The zero-order valence-corrected chi connectivity index (χ0v) is 15.5. The van der Waals surface area contributed by atoms with E-state index in [1.165, 1.54) is 6.07 Å². The summed E-state index contributed by atoms with van der Waals surface area (Å²) >= 11 is 0. The summed E-state index contributed by atoms with van der Waals surface area (Å²) in [5.41, 5.74) is 2.49. The molecule has 2 amide bonds. The van der Waals surface area contributed by atoms with E-state index >= 15 is 0 Å². The van der Waals surface area contributed by atoms with Crippen molar-refractivity contribution in [1.82, 2.24) is 0 Å². The molecule has 4 nitrogen and oxygen atoms in total. The van der Waals surface area contributed by atoms with Crippen molar-refractivity contribution in [3.8, 4) is 0 Å². The smallest absolute Gasteiger partial charge is 0.261 e. The Morgan fingerprint density at radius 3 is 2.38 bits per heavy atom. The van der Waals surface area contributed by atoms with Crippen LogP contribution in [0.3, 0.4) is 0 Å². The number of rotatable bonds is 4. The number of carbonyl (C=O) groups excluding carboxylic acids is 2. The maximum Gasteiger partial charge on any atom is 0.261 e. The topological polar surface area (TPSA) is 49.4 Å². The summed E-state index contributed by atoms with van der Waals surface area (Å²) in [5, 5.41) is 2.54. The number of benzene rings is 3. The third-order valence-corrected chi connectivity index (χ3v) is 4.91. The summed E-state index contributed by atoms with van der Waals surface area (Å²) in [6.45, 7) is 0.457. The molecule has 29 heavy (non-hydrogen) atoms. The lowest BCUT2D eigenvalue weighted by Crippen LogP contribution is -2.34. The van der Waals surface area contributed by atoms with Crippen molar-refractivity contribution < 1.29 is 18.4 Å². The lowest BCUT2D eigenvalue weighted by molar-refractivity contribution is -0.119. The monoisotopic (exact) mass is 392 g/mol. The van der Waals surface area contributed by atoms with E-state index in [1.807, 2.05) is 30.3 Å². The zero-order valence-electron chi connectivity index (χ0n) is 15.5. The molecule has 3 aromatic carbocycles. The molecule has 0 unspecified atom stereocenters. The predicted molar refractivity (Wildman–Crippen MR) is 107 cm³/mol. The summed E-state index contributed by atoms with van der Waals surface area (Å²) < 4.78 is 27.7. The molecule has 0 aliphatic carbocycles. The number of fused-ring (bicyclic) bond motifs is 1. The van der Waals surface area contributed by atoms with E-state index in [9.17, 15) is 18.4 Å². The van der Waals surface area contributed by atoms with Gasteiger partial charge in [0.1, 0.15) is 17.2 Å². The van der Waals surface area contributed by atoms with Crippen LogP contribution in [-0.4, -0.2) is 11.8 Å². The molecule has 1 N–H and O–H groups in total. The standard InChI is InChI=1S/C23H18F2N2O2/c24-18-7-4-8-19(25)22(18)23(29)26-17-10-11-20-16(13-17)9-12-21(28)27(20)14-15-5-2-1-3-6-15/h1-8,10-11,13H,9,12,14H2,(H,26,29). The molecular weight excluding hydrogens is 374 g/mol. The molecule has 0 aromatic heterocycles. The molecule has 0 saturated carbocycles. The van der Waals surface area contributed by atoms with Gasteiger partial charge in [0.05, 0.1) is 6.54 Å². The van der Waals surface area contributed by atoms with Gasteiger partial charge >= 0.3 is 0 Å². The van der Waals surface area contributed by atoms with Gasteiger partial charge in [-0.05, 0) is 47.9 Å². The molecule has 0 saturated heterocycles. The highest BCUT2D eigenvalue weighted by Crippen LogP contribution is 2.32. The molecule has 0 bridgehead atoms. The van der Waals surface area contributed by atoms with Crippen molar-refractivity contribution in [2.24, 2.45) is 0 Å². The summed E-state index contributed by atoms with van der Waals surface area (Å²) in [4.78, 5) is 26.5. The van der Waals surface area contributed by atoms with Gasteiger partial charge in [-0.3, -0.25) is 9.59 Å². The molecule has 4 rings (SSSR count). The molecule has 1 aliphatic rings. The second kappa shape index (κ2) is 7.83. The van der Waals surface area contributed by atoms with Crippen molar-refractivity contribution >= 4 is 23.2 Å². The Morgan fingerprint density at radius 2 is 1.66 bits per heavy atom. The van der Waals surface area contributed by atoms with Crippen LogP contribution in [0.25, 0.3) is 0 Å². The number of carbonyl (C=O) groups is 2. The van der Waals surface area contributed by atoms with Gasteiger partial charge in [-0.1, -0.05) is 36.4 Å². The minimum atomic E-state index is -0.917. The van der Waals surface area contributed by atoms with E-state index in [0.717, 1.165) is 28.9 Å². The Hall–Kier alpha value is -3.54. The van der Waals surface area contributed by atoms with Crippen molar-refractivity contribution in [2.75, 3.05) is 10.2 Å². The van der Waals surface area contributed by atoms with Gasteiger partial charge in [0, 0.05) is 17.8 Å². The highest BCUT2D eigenvalue weighted by Gasteiger charge is 2.25. The second-order valence-electron chi connectivity index (χ2n) is 6.86. The minimum Gasteiger partial charge on any atom is -0.322 e. The summed E-state index contributed by atoms with van der Waals surface area (Å²) in [6, 6.07) is 18.1. The van der Waals surface area contributed by atoms with Crippen molar-refractivity contribution in [3.63, 3.8) is 0 Å². The third kappa shape index (κ3) is 3.87. The molecule has 6 heteroatoms. The van der Waals surface area contributed by atoms with Crippen LogP contribution in [0, 0.1) is 11.6 Å². The van der Waals surface area contributed by atoms with Crippen LogP contribution in [0.4, 0.5) is 20.2 Å². The van der Waals surface area contributed by atoms with Gasteiger partial charge in [0.2, 0.25) is 5.91 Å². The summed E-state index contributed by atoms with van der Waals surface area (Å²) in [7, 11) is 0. The Bertz CT molecular complexity index is 1060. The first-order valence-corrected chi connectivity index (χ1v) is 9.25. The van der Waals surface area contributed by atoms with E-state index in [0.29, 0.717) is 25.1 Å². The zero-order chi connectivity index (χ0) is 20.4. The SMILES string of the molecule is O=C(Nc1ccc2c(c1)CCC(=O)N2Cc1ccccc1)c1c(F)cccc1F. The van der Waals surface area contributed by atoms with Crippen LogP contribution in [0.1, 0.15) is 27.9 Å². The fourth-order valence-corrected chi connectivity index (χ4v) is 3.49. The van der Waals surface area contributed by atoms with Gasteiger partial charge in [-0.2, -0.15) is 0 Å². The molecule has 1 aliphatic heterocycles. The second-order valence-corrected chi connectivity index (χ2v) is 6.86. The Kier molecular flexibility index (Phi) is 5.08. The maximum absolute atomic E-state index is 13.8. The quantitative estimate of drug-likeness (QED) is 0.700. The highest BCUT2D eigenvalue weighted by molar-refractivity contribution is 6.05. The first-order chi connectivity index (χ1) is 14.0. The summed E-state index contributed by atoms with van der Waals surface area (Å²) in [6.07, 6.45) is 0.899. The average molecular weight is 392 g/mol. The minimum absolute atomic E-state index is 0.0339. The molecule has 146 valence electrons.